The summed E-state index contributed by atoms with van der Waals surface area (Å²) < 4.78 is 5.18. The van der Waals surface area contributed by atoms with Crippen molar-refractivity contribution in [2.45, 2.75) is 19.8 Å². The minimum atomic E-state index is 0.643. The number of hydrogen-bond acceptors (Lipinski definition) is 4. The van der Waals surface area contributed by atoms with Gasteiger partial charge in [0.15, 0.2) is 0 Å². The highest BCUT2D eigenvalue weighted by atomic mass is 16.4. The number of rotatable bonds is 4. The molecule has 0 amide bonds. The van der Waals surface area contributed by atoms with Crippen LogP contribution >= 0.6 is 0 Å². The van der Waals surface area contributed by atoms with Crippen molar-refractivity contribution < 1.29 is 4.42 Å². The summed E-state index contributed by atoms with van der Waals surface area (Å²) in [6.07, 6.45) is 1.90. The molecule has 62 valence electrons. The minimum absolute atomic E-state index is 0.643. The topological polar surface area (TPSA) is 51.0 Å². The maximum absolute atomic E-state index is 5.18. The molecule has 1 aromatic heterocycles. The second-order valence-corrected chi connectivity index (χ2v) is 2.42. The molecule has 0 saturated carbocycles. The van der Waals surface area contributed by atoms with Gasteiger partial charge in [0, 0.05) is 13.3 Å². The minimum Gasteiger partial charge on any atom is -0.426 e. The Morgan fingerprint density at radius 1 is 1.45 bits per heavy atom. The fraction of sp³-hybridized carbons (Fsp3) is 0.714. The maximum atomic E-state index is 5.18. The Hall–Kier alpha value is -0.900. The number of nitrogens with one attached hydrogen (secondary N) is 1. The summed E-state index contributed by atoms with van der Waals surface area (Å²) in [5.74, 6) is 1.38. The molecule has 0 bridgehead atoms. The highest BCUT2D eigenvalue weighted by molar-refractivity contribution is 4.78. The van der Waals surface area contributed by atoms with E-state index in [2.05, 4.69) is 15.5 Å². The molecule has 0 aliphatic carbocycles. The number of hydrogen-bond donors (Lipinski definition) is 1. The zero-order valence-electron chi connectivity index (χ0n) is 6.92. The summed E-state index contributed by atoms with van der Waals surface area (Å²) in [5, 5.41) is 10.7. The van der Waals surface area contributed by atoms with Crippen LogP contribution < -0.4 is 5.32 Å². The highest BCUT2D eigenvalue weighted by Gasteiger charge is 1.99. The lowest BCUT2D eigenvalue weighted by Gasteiger charge is -1.93. The standard InChI is InChI=1S/C7H13N3O/c1-6-9-10-7(11-6)4-3-5-8-2/h8H,3-5H2,1-2H3. The third kappa shape index (κ3) is 2.67. The lowest BCUT2D eigenvalue weighted by molar-refractivity contribution is 0.460. The SMILES string of the molecule is CNCCCc1nnc(C)o1. The Morgan fingerprint density at radius 2 is 2.27 bits per heavy atom. The van der Waals surface area contributed by atoms with Crippen molar-refractivity contribution in [3.8, 4) is 0 Å². The molecule has 0 aliphatic heterocycles. The van der Waals surface area contributed by atoms with Gasteiger partial charge in [-0.25, -0.2) is 0 Å². The van der Waals surface area contributed by atoms with Crippen LogP contribution in [-0.4, -0.2) is 23.8 Å². The van der Waals surface area contributed by atoms with Crippen LogP contribution in [0.2, 0.25) is 0 Å². The molecule has 1 N–H and O–H groups in total. The first-order valence-corrected chi connectivity index (χ1v) is 3.76. The van der Waals surface area contributed by atoms with Crippen molar-refractivity contribution in [3.05, 3.63) is 11.8 Å². The van der Waals surface area contributed by atoms with E-state index in [0.29, 0.717) is 5.89 Å². The Bertz CT molecular complexity index is 209. The smallest absolute Gasteiger partial charge is 0.216 e. The molecule has 1 heterocycles. The van der Waals surface area contributed by atoms with Crippen LogP contribution in [0.15, 0.2) is 4.42 Å². The molecule has 0 aromatic carbocycles. The van der Waals surface area contributed by atoms with Crippen LogP contribution in [0, 0.1) is 6.92 Å². The van der Waals surface area contributed by atoms with Crippen LogP contribution in [0.5, 0.6) is 0 Å². The molecule has 0 atom stereocenters. The van der Waals surface area contributed by atoms with E-state index in [-0.39, 0.29) is 0 Å². The molecular formula is C7H13N3O. The van der Waals surface area contributed by atoms with Crippen molar-refractivity contribution in [2.75, 3.05) is 13.6 Å². The summed E-state index contributed by atoms with van der Waals surface area (Å²) in [6, 6.07) is 0. The largest absolute Gasteiger partial charge is 0.426 e. The van der Waals surface area contributed by atoms with E-state index in [4.69, 9.17) is 4.42 Å². The monoisotopic (exact) mass is 155 g/mol. The van der Waals surface area contributed by atoms with Crippen molar-refractivity contribution in [1.82, 2.24) is 15.5 Å². The van der Waals surface area contributed by atoms with Crippen LogP contribution in [-0.2, 0) is 6.42 Å². The van der Waals surface area contributed by atoms with Gasteiger partial charge in [-0.2, -0.15) is 0 Å². The first kappa shape index (κ1) is 8.20. The van der Waals surface area contributed by atoms with E-state index < -0.39 is 0 Å². The summed E-state index contributed by atoms with van der Waals surface area (Å²) in [4.78, 5) is 0. The number of aromatic nitrogens is 2. The maximum Gasteiger partial charge on any atom is 0.216 e. The predicted molar refractivity (Wildman–Crippen MR) is 41.3 cm³/mol. The fourth-order valence-corrected chi connectivity index (χ4v) is 0.855. The molecule has 0 fully saturated rings. The molecule has 0 unspecified atom stereocenters. The molecule has 0 spiro atoms. The zero-order valence-corrected chi connectivity index (χ0v) is 6.92. The van der Waals surface area contributed by atoms with Gasteiger partial charge in [-0.1, -0.05) is 0 Å². The van der Waals surface area contributed by atoms with Gasteiger partial charge in [0.25, 0.3) is 0 Å². The average Bonchev–Trinajstić information content (AvgIpc) is 2.37. The number of aryl methyl sites for hydroxylation is 2. The quantitative estimate of drug-likeness (QED) is 0.644. The molecule has 0 radical (unpaired) electrons. The Balaban J connectivity index is 2.27. The van der Waals surface area contributed by atoms with Crippen LogP contribution in [0.3, 0.4) is 0 Å². The van der Waals surface area contributed by atoms with Crippen LogP contribution in [0.1, 0.15) is 18.2 Å². The highest BCUT2D eigenvalue weighted by Crippen LogP contribution is 1.99. The van der Waals surface area contributed by atoms with E-state index in [1.54, 1.807) is 6.92 Å². The first-order chi connectivity index (χ1) is 5.33. The normalized spacial score (nSPS) is 10.4. The molecule has 1 aromatic rings. The third-order valence-corrected chi connectivity index (χ3v) is 1.39. The lowest BCUT2D eigenvalue weighted by atomic mass is 10.3. The molecule has 4 nitrogen and oxygen atoms in total. The van der Waals surface area contributed by atoms with E-state index in [0.717, 1.165) is 25.3 Å². The third-order valence-electron chi connectivity index (χ3n) is 1.39. The second kappa shape index (κ2) is 4.08. The molecular weight excluding hydrogens is 142 g/mol. The fourth-order valence-electron chi connectivity index (χ4n) is 0.855. The predicted octanol–water partition coefficient (Wildman–Crippen LogP) is 0.530. The van der Waals surface area contributed by atoms with Gasteiger partial charge in [-0.3, -0.25) is 0 Å². The molecule has 0 aliphatic rings. The van der Waals surface area contributed by atoms with E-state index in [1.807, 2.05) is 7.05 Å². The van der Waals surface area contributed by atoms with Crippen molar-refractivity contribution in [1.29, 1.82) is 0 Å². The van der Waals surface area contributed by atoms with Gasteiger partial charge in [0.1, 0.15) is 0 Å². The van der Waals surface area contributed by atoms with E-state index in [1.165, 1.54) is 0 Å². The van der Waals surface area contributed by atoms with E-state index in [9.17, 15) is 0 Å². The van der Waals surface area contributed by atoms with Gasteiger partial charge in [-0.15, -0.1) is 10.2 Å². The Morgan fingerprint density at radius 3 is 2.82 bits per heavy atom. The van der Waals surface area contributed by atoms with Crippen LogP contribution in [0.25, 0.3) is 0 Å². The first-order valence-electron chi connectivity index (χ1n) is 3.76. The van der Waals surface area contributed by atoms with Gasteiger partial charge >= 0.3 is 0 Å². The van der Waals surface area contributed by atoms with Crippen molar-refractivity contribution in [2.24, 2.45) is 0 Å². The molecule has 1 rings (SSSR count). The summed E-state index contributed by atoms with van der Waals surface area (Å²) >= 11 is 0. The lowest BCUT2D eigenvalue weighted by Crippen LogP contribution is -2.08. The van der Waals surface area contributed by atoms with Crippen molar-refractivity contribution >= 4 is 0 Å². The summed E-state index contributed by atoms with van der Waals surface area (Å²) in [6.45, 7) is 2.79. The van der Waals surface area contributed by atoms with Gasteiger partial charge in [0.05, 0.1) is 0 Å². The summed E-state index contributed by atoms with van der Waals surface area (Å²) in [7, 11) is 1.93. The number of nitrogens with zero attached hydrogens (tertiary/aromatic N) is 2. The Labute approximate surface area is 66.0 Å². The van der Waals surface area contributed by atoms with Crippen molar-refractivity contribution in [3.63, 3.8) is 0 Å². The van der Waals surface area contributed by atoms with E-state index >= 15 is 0 Å². The average molecular weight is 155 g/mol. The van der Waals surface area contributed by atoms with Gasteiger partial charge in [0.2, 0.25) is 11.8 Å². The molecule has 0 saturated heterocycles. The molecule has 11 heavy (non-hydrogen) atoms. The zero-order chi connectivity index (χ0) is 8.10. The second-order valence-electron chi connectivity index (χ2n) is 2.42. The Kier molecular flexibility index (Phi) is 3.04. The molecule has 4 heteroatoms. The van der Waals surface area contributed by atoms with Gasteiger partial charge < -0.3 is 9.73 Å². The summed E-state index contributed by atoms with van der Waals surface area (Å²) in [5.41, 5.74) is 0. The van der Waals surface area contributed by atoms with Crippen LogP contribution in [0.4, 0.5) is 0 Å². The van der Waals surface area contributed by atoms with Gasteiger partial charge in [-0.05, 0) is 20.0 Å².